The van der Waals surface area contributed by atoms with Crippen LogP contribution in [0.3, 0.4) is 0 Å². The van der Waals surface area contributed by atoms with Crippen LogP contribution in [-0.4, -0.2) is 34.6 Å². The molecule has 0 unspecified atom stereocenters. The first-order valence-electron chi connectivity index (χ1n) is 7.75. The Morgan fingerprint density at radius 3 is 2.83 bits per heavy atom. The zero-order valence-corrected chi connectivity index (χ0v) is 12.7. The minimum Gasteiger partial charge on any atom is -0.354 e. The normalized spacial score (nSPS) is 14.9. The zero-order chi connectivity index (χ0) is 15.5. The second-order valence-electron chi connectivity index (χ2n) is 5.46. The Kier molecular flexibility index (Phi) is 3.60. The van der Waals surface area contributed by atoms with Gasteiger partial charge in [-0.05, 0) is 24.1 Å². The molecule has 1 aromatic carbocycles. The highest BCUT2D eigenvalue weighted by Gasteiger charge is 2.04. The van der Waals surface area contributed by atoms with Crippen molar-refractivity contribution in [2.45, 2.75) is 6.42 Å². The first kappa shape index (κ1) is 13.7. The van der Waals surface area contributed by atoms with E-state index in [2.05, 4.69) is 32.4 Å². The number of hydrogen-bond acceptors (Lipinski definition) is 4. The lowest BCUT2D eigenvalue weighted by Crippen LogP contribution is -2.27. The van der Waals surface area contributed by atoms with Gasteiger partial charge in [-0.3, -0.25) is 4.99 Å². The Morgan fingerprint density at radius 1 is 1.13 bits per heavy atom. The molecule has 1 N–H and O–H groups in total. The monoisotopic (exact) mass is 303 g/mol. The van der Waals surface area contributed by atoms with Crippen molar-refractivity contribution in [3.63, 3.8) is 0 Å². The maximum Gasteiger partial charge on any atom is 0.217 e. The van der Waals surface area contributed by atoms with Crippen LogP contribution in [0.25, 0.3) is 16.9 Å². The minimum absolute atomic E-state index is 0.723. The first-order chi connectivity index (χ1) is 11.4. The summed E-state index contributed by atoms with van der Waals surface area (Å²) < 4.78 is 2.03. The van der Waals surface area contributed by atoms with Crippen molar-refractivity contribution in [3.8, 4) is 11.3 Å². The fourth-order valence-electron chi connectivity index (χ4n) is 2.56. The van der Waals surface area contributed by atoms with Gasteiger partial charge in [0.25, 0.3) is 0 Å². The third-order valence-corrected chi connectivity index (χ3v) is 3.79. The molecule has 3 heterocycles. The molecule has 114 valence electrons. The highest BCUT2D eigenvalue weighted by Crippen LogP contribution is 2.19. The van der Waals surface area contributed by atoms with E-state index in [0.29, 0.717) is 0 Å². The number of rotatable bonds is 2. The van der Waals surface area contributed by atoms with E-state index in [1.807, 2.05) is 53.3 Å². The lowest BCUT2D eigenvalue weighted by Gasteiger charge is -2.09. The molecule has 0 amide bonds. The summed E-state index contributed by atoms with van der Waals surface area (Å²) in [6.07, 6.45) is 6.96. The molecular formula is C18H17N5. The molecule has 5 nitrogen and oxygen atoms in total. The molecule has 0 fully saturated rings. The Balaban J connectivity index is 1.55. The van der Waals surface area contributed by atoms with Crippen LogP contribution in [0.2, 0.25) is 0 Å². The van der Waals surface area contributed by atoms with Gasteiger partial charge in [-0.1, -0.05) is 30.3 Å². The zero-order valence-electron chi connectivity index (χ0n) is 12.7. The summed E-state index contributed by atoms with van der Waals surface area (Å²) in [5.74, 6) is 0.723. The summed E-state index contributed by atoms with van der Waals surface area (Å²) >= 11 is 0. The van der Waals surface area contributed by atoms with Crippen molar-refractivity contribution in [3.05, 3.63) is 60.4 Å². The van der Waals surface area contributed by atoms with Gasteiger partial charge < -0.3 is 9.72 Å². The molecule has 0 spiro atoms. The van der Waals surface area contributed by atoms with Gasteiger partial charge in [-0.2, -0.15) is 0 Å². The van der Waals surface area contributed by atoms with Crippen molar-refractivity contribution < 1.29 is 0 Å². The van der Waals surface area contributed by atoms with Gasteiger partial charge in [0.1, 0.15) is 5.65 Å². The van der Waals surface area contributed by atoms with Crippen LogP contribution >= 0.6 is 0 Å². The lowest BCUT2D eigenvalue weighted by molar-refractivity contribution is 0.736. The number of nitrogens with one attached hydrogen (secondary N) is 1. The van der Waals surface area contributed by atoms with Crippen molar-refractivity contribution >= 4 is 17.8 Å². The first-order valence-corrected chi connectivity index (χ1v) is 7.75. The number of aromatic nitrogens is 2. The van der Waals surface area contributed by atoms with Crippen LogP contribution in [-0.2, 0) is 0 Å². The van der Waals surface area contributed by atoms with Crippen LogP contribution < -0.4 is 5.32 Å². The Labute approximate surface area is 134 Å². The predicted molar refractivity (Wildman–Crippen MR) is 93.1 cm³/mol. The van der Waals surface area contributed by atoms with Gasteiger partial charge >= 0.3 is 0 Å². The molecule has 0 atom stereocenters. The molecule has 4 rings (SSSR count). The summed E-state index contributed by atoms with van der Waals surface area (Å²) in [6, 6.07) is 14.2. The Morgan fingerprint density at radius 2 is 2.04 bits per heavy atom. The van der Waals surface area contributed by atoms with Crippen molar-refractivity contribution in [2.24, 2.45) is 9.98 Å². The van der Waals surface area contributed by atoms with Crippen LogP contribution in [0.5, 0.6) is 0 Å². The van der Waals surface area contributed by atoms with Crippen LogP contribution in [0.4, 0.5) is 0 Å². The fraction of sp³-hybridized carbons (Fsp3) is 0.167. The van der Waals surface area contributed by atoms with Crippen molar-refractivity contribution in [2.75, 3.05) is 13.1 Å². The fourth-order valence-corrected chi connectivity index (χ4v) is 2.56. The topological polar surface area (TPSA) is 54.0 Å². The van der Waals surface area contributed by atoms with Gasteiger partial charge in [0, 0.05) is 37.3 Å². The number of nitrogens with zero attached hydrogens (tertiary/aromatic N) is 4. The van der Waals surface area contributed by atoms with E-state index in [0.717, 1.165) is 47.9 Å². The smallest absolute Gasteiger partial charge is 0.217 e. The summed E-state index contributed by atoms with van der Waals surface area (Å²) in [7, 11) is 0. The van der Waals surface area contributed by atoms with Gasteiger partial charge in [0.15, 0.2) is 0 Å². The van der Waals surface area contributed by atoms with Crippen LogP contribution in [0.1, 0.15) is 12.0 Å². The molecule has 2 aromatic heterocycles. The molecule has 1 aliphatic rings. The van der Waals surface area contributed by atoms with Crippen molar-refractivity contribution in [1.82, 2.24) is 14.7 Å². The van der Waals surface area contributed by atoms with E-state index < -0.39 is 0 Å². The predicted octanol–water partition coefficient (Wildman–Crippen LogP) is 2.77. The minimum atomic E-state index is 0.723. The van der Waals surface area contributed by atoms with Crippen molar-refractivity contribution in [1.29, 1.82) is 0 Å². The molecule has 5 heteroatoms. The lowest BCUT2D eigenvalue weighted by atomic mass is 10.1. The number of guanidine groups is 1. The van der Waals surface area contributed by atoms with Gasteiger partial charge in [0.05, 0.1) is 5.69 Å². The number of fused-ring (bicyclic) bond motifs is 1. The van der Waals surface area contributed by atoms with Crippen LogP contribution in [0.15, 0.2) is 64.8 Å². The number of pyridine rings is 1. The Hall–Kier alpha value is -2.95. The standard InChI is InChI=1S/C18H17N5/c1-2-11-23-13-16(22-17(23)4-1)15-7-5-14(6-8-15)12-21-18-19-9-3-10-20-18/h1-2,4-8,11-13H,3,9-10H2,(H,19,20)/b21-12+. The Bertz CT molecular complexity index is 841. The average Bonchev–Trinajstić information content (AvgIpc) is 3.05. The highest BCUT2D eigenvalue weighted by molar-refractivity contribution is 5.94. The third-order valence-electron chi connectivity index (χ3n) is 3.79. The summed E-state index contributed by atoms with van der Waals surface area (Å²) in [5.41, 5.74) is 4.07. The second kappa shape index (κ2) is 6.04. The van der Waals surface area contributed by atoms with E-state index >= 15 is 0 Å². The molecular weight excluding hydrogens is 286 g/mol. The summed E-state index contributed by atoms with van der Waals surface area (Å²) in [4.78, 5) is 13.3. The van der Waals surface area contributed by atoms with Gasteiger partial charge in [-0.15, -0.1) is 0 Å². The average molecular weight is 303 g/mol. The summed E-state index contributed by atoms with van der Waals surface area (Å²) in [6.45, 7) is 1.80. The maximum atomic E-state index is 4.63. The number of benzene rings is 1. The molecule has 23 heavy (non-hydrogen) atoms. The van der Waals surface area contributed by atoms with E-state index in [9.17, 15) is 0 Å². The molecule has 0 radical (unpaired) electrons. The SMILES string of the molecule is C(=N\C1=NCCCN1)/c1ccc(-c2cn3ccccc3n2)cc1. The second-order valence-corrected chi connectivity index (χ2v) is 5.46. The van der Waals surface area contributed by atoms with Gasteiger partial charge in [-0.25, -0.2) is 9.98 Å². The number of hydrogen-bond donors (Lipinski definition) is 1. The largest absolute Gasteiger partial charge is 0.354 e. The van der Waals surface area contributed by atoms with Crippen LogP contribution in [0, 0.1) is 0 Å². The summed E-state index contributed by atoms with van der Waals surface area (Å²) in [5, 5.41) is 3.18. The molecule has 0 saturated heterocycles. The maximum absolute atomic E-state index is 4.63. The quantitative estimate of drug-likeness (QED) is 0.740. The highest BCUT2D eigenvalue weighted by atomic mass is 15.1. The molecule has 1 aliphatic heterocycles. The number of imidazole rings is 1. The molecule has 0 saturated carbocycles. The third kappa shape index (κ3) is 2.99. The van der Waals surface area contributed by atoms with E-state index in [-0.39, 0.29) is 0 Å². The van der Waals surface area contributed by atoms with Gasteiger partial charge in [0.2, 0.25) is 5.96 Å². The molecule has 3 aromatic rings. The molecule has 0 bridgehead atoms. The van der Waals surface area contributed by atoms with E-state index in [4.69, 9.17) is 0 Å². The molecule has 0 aliphatic carbocycles. The van der Waals surface area contributed by atoms with E-state index in [1.54, 1.807) is 0 Å². The van der Waals surface area contributed by atoms with E-state index in [1.165, 1.54) is 0 Å². The number of aliphatic imine (C=N–C) groups is 2.